The quantitative estimate of drug-likeness (QED) is 0.670. The molecule has 3 rings (SSSR count). The van der Waals surface area contributed by atoms with Crippen LogP contribution in [0.3, 0.4) is 0 Å². The number of fused-ring (bicyclic) bond motifs is 1. The summed E-state index contributed by atoms with van der Waals surface area (Å²) in [5.41, 5.74) is 2.12. The van der Waals surface area contributed by atoms with E-state index in [-0.39, 0.29) is 11.4 Å². The molecule has 2 aliphatic heterocycles. The van der Waals surface area contributed by atoms with Gasteiger partial charge in [-0.2, -0.15) is 15.1 Å². The van der Waals surface area contributed by atoms with E-state index in [9.17, 15) is 4.79 Å². The van der Waals surface area contributed by atoms with Crippen LogP contribution in [0.4, 0.5) is 5.69 Å². The molecule has 27 heavy (non-hydrogen) atoms. The van der Waals surface area contributed by atoms with Gasteiger partial charge in [0, 0.05) is 24.5 Å². The normalized spacial score (nSPS) is 18.1. The van der Waals surface area contributed by atoms with Crippen molar-refractivity contribution in [3.8, 4) is 0 Å². The van der Waals surface area contributed by atoms with E-state index in [0.717, 1.165) is 33.6 Å². The maximum absolute atomic E-state index is 12.5. The number of amides is 1. The van der Waals surface area contributed by atoms with Crippen molar-refractivity contribution in [3.63, 3.8) is 0 Å². The predicted molar refractivity (Wildman–Crippen MR) is 118 cm³/mol. The van der Waals surface area contributed by atoms with Crippen LogP contribution in [0.5, 0.6) is 0 Å². The van der Waals surface area contributed by atoms with E-state index >= 15 is 0 Å². The van der Waals surface area contributed by atoms with Gasteiger partial charge in [0.15, 0.2) is 5.84 Å². The highest BCUT2D eigenvalue weighted by molar-refractivity contribution is 9.10. The van der Waals surface area contributed by atoms with Crippen molar-refractivity contribution in [3.05, 3.63) is 33.8 Å². The molecule has 8 heteroatoms. The Bertz CT molecular complexity index is 886. The zero-order chi connectivity index (χ0) is 19.7. The lowest BCUT2D eigenvalue weighted by Crippen LogP contribution is -2.35. The molecule has 1 aromatic carbocycles. The van der Waals surface area contributed by atoms with Gasteiger partial charge in [0.2, 0.25) is 5.17 Å². The number of carbonyl (C=O) groups is 1. The van der Waals surface area contributed by atoms with Gasteiger partial charge in [-0.15, -0.1) is 0 Å². The zero-order valence-electron chi connectivity index (χ0n) is 15.8. The third-order valence-electron chi connectivity index (χ3n) is 4.57. The number of benzene rings is 1. The molecule has 1 N–H and O–H groups in total. The Morgan fingerprint density at radius 1 is 1.33 bits per heavy atom. The van der Waals surface area contributed by atoms with Crippen LogP contribution >= 0.6 is 27.7 Å². The van der Waals surface area contributed by atoms with Crippen molar-refractivity contribution >= 4 is 61.4 Å². The topological polar surface area (TPSA) is 72.1 Å². The molecule has 2 heterocycles. The summed E-state index contributed by atoms with van der Waals surface area (Å²) < 4.78 is 0.923. The zero-order valence-corrected chi connectivity index (χ0v) is 18.2. The Balaban J connectivity index is 1.93. The predicted octanol–water partition coefficient (Wildman–Crippen LogP) is 4.57. The van der Waals surface area contributed by atoms with Crippen LogP contribution in [0.25, 0.3) is 6.08 Å². The van der Waals surface area contributed by atoms with Crippen LogP contribution in [0.15, 0.2) is 38.3 Å². The van der Waals surface area contributed by atoms with E-state index in [1.54, 1.807) is 6.08 Å². The minimum absolute atomic E-state index is 0.0752. The Hall–Kier alpha value is -1.93. The van der Waals surface area contributed by atoms with Crippen LogP contribution < -0.4 is 4.90 Å². The first-order valence-corrected chi connectivity index (χ1v) is 10.4. The molecule has 0 saturated carbocycles. The number of anilines is 1. The summed E-state index contributed by atoms with van der Waals surface area (Å²) in [6.45, 7) is 4.24. The van der Waals surface area contributed by atoms with Crippen molar-refractivity contribution in [2.75, 3.05) is 19.0 Å². The molecule has 2 aliphatic rings. The fraction of sp³-hybridized carbons (Fsp3) is 0.368. The molecule has 0 bridgehead atoms. The number of hydrogen-bond acceptors (Lipinski definition) is 5. The molecular formula is C19H22BrN5OS. The molecular weight excluding hydrogens is 426 g/mol. The summed E-state index contributed by atoms with van der Waals surface area (Å²) >= 11 is 4.95. The van der Waals surface area contributed by atoms with E-state index in [2.05, 4.69) is 39.9 Å². The maximum atomic E-state index is 12.5. The van der Waals surface area contributed by atoms with Gasteiger partial charge in [-0.3, -0.25) is 10.2 Å². The molecule has 0 saturated heterocycles. The van der Waals surface area contributed by atoms with Gasteiger partial charge >= 0.3 is 0 Å². The van der Waals surface area contributed by atoms with Crippen molar-refractivity contribution in [2.45, 2.75) is 26.7 Å². The third kappa shape index (κ3) is 3.87. The van der Waals surface area contributed by atoms with Crippen molar-refractivity contribution in [1.29, 1.82) is 5.41 Å². The average molecular weight is 448 g/mol. The average Bonchev–Trinajstić information content (AvgIpc) is 3.03. The van der Waals surface area contributed by atoms with Crippen molar-refractivity contribution in [1.82, 2.24) is 5.01 Å². The highest BCUT2D eigenvalue weighted by atomic mass is 79.9. The summed E-state index contributed by atoms with van der Waals surface area (Å²) in [6.07, 6.45) is 3.64. The Labute approximate surface area is 172 Å². The number of carbonyl (C=O) groups excluding carboxylic acids is 1. The number of aliphatic imine (C=N–C) groups is 1. The van der Waals surface area contributed by atoms with Gasteiger partial charge in [-0.05, 0) is 64.3 Å². The second-order valence-electron chi connectivity index (χ2n) is 6.58. The Morgan fingerprint density at radius 2 is 2.04 bits per heavy atom. The Kier molecular flexibility index (Phi) is 5.86. The van der Waals surface area contributed by atoms with Gasteiger partial charge < -0.3 is 4.90 Å². The summed E-state index contributed by atoms with van der Waals surface area (Å²) in [5.74, 6) is 0.00647. The SMILES string of the molecule is CCC(CC)C1=NN2C(=N)C(=Cc3ccc(N(C)C)c(Br)c3)C(=O)N=C2S1. The smallest absolute Gasteiger partial charge is 0.283 e. The first-order chi connectivity index (χ1) is 12.8. The fourth-order valence-electron chi connectivity index (χ4n) is 2.95. The van der Waals surface area contributed by atoms with E-state index in [4.69, 9.17) is 5.41 Å². The highest BCUT2D eigenvalue weighted by Gasteiger charge is 2.37. The second kappa shape index (κ2) is 7.98. The van der Waals surface area contributed by atoms with Crippen LogP contribution in [-0.2, 0) is 4.79 Å². The molecule has 1 aromatic rings. The number of amidine groups is 2. The van der Waals surface area contributed by atoms with Gasteiger partial charge in [0.25, 0.3) is 5.91 Å². The molecule has 142 valence electrons. The molecule has 1 amide bonds. The van der Waals surface area contributed by atoms with Gasteiger partial charge in [0.1, 0.15) is 5.04 Å². The van der Waals surface area contributed by atoms with Crippen molar-refractivity contribution in [2.24, 2.45) is 16.0 Å². The number of halogens is 1. The lowest BCUT2D eigenvalue weighted by molar-refractivity contribution is -0.114. The van der Waals surface area contributed by atoms with Gasteiger partial charge in [-0.25, -0.2) is 0 Å². The Morgan fingerprint density at radius 3 is 2.63 bits per heavy atom. The lowest BCUT2D eigenvalue weighted by Gasteiger charge is -2.20. The van der Waals surface area contributed by atoms with Crippen LogP contribution in [0, 0.1) is 11.3 Å². The van der Waals surface area contributed by atoms with Crippen LogP contribution in [0.1, 0.15) is 32.3 Å². The first kappa shape index (κ1) is 19.8. The van der Waals surface area contributed by atoms with Crippen LogP contribution in [0.2, 0.25) is 0 Å². The molecule has 0 aliphatic carbocycles. The molecule has 0 radical (unpaired) electrons. The summed E-state index contributed by atoms with van der Waals surface area (Å²) in [4.78, 5) is 18.7. The monoisotopic (exact) mass is 447 g/mol. The highest BCUT2D eigenvalue weighted by Crippen LogP contribution is 2.33. The van der Waals surface area contributed by atoms with E-state index < -0.39 is 5.91 Å². The first-order valence-electron chi connectivity index (χ1n) is 8.82. The molecule has 0 spiro atoms. The number of nitrogens with zero attached hydrogens (tertiary/aromatic N) is 4. The van der Waals surface area contributed by atoms with Gasteiger partial charge in [0.05, 0.1) is 11.3 Å². The number of nitrogens with one attached hydrogen (secondary N) is 1. The fourth-order valence-corrected chi connectivity index (χ4v) is 4.86. The molecule has 6 nitrogen and oxygen atoms in total. The minimum Gasteiger partial charge on any atom is -0.377 e. The summed E-state index contributed by atoms with van der Waals surface area (Å²) in [6, 6.07) is 5.82. The largest absolute Gasteiger partial charge is 0.377 e. The third-order valence-corrected chi connectivity index (χ3v) is 6.28. The summed E-state index contributed by atoms with van der Waals surface area (Å²) in [7, 11) is 3.94. The second-order valence-corrected chi connectivity index (χ2v) is 8.42. The van der Waals surface area contributed by atoms with Crippen LogP contribution in [-0.4, -0.2) is 41.1 Å². The molecule has 0 atom stereocenters. The maximum Gasteiger partial charge on any atom is 0.283 e. The number of rotatable bonds is 5. The molecule has 0 aromatic heterocycles. The standard InChI is InChI=1S/C19H22BrN5OS/c1-5-12(6-2)18-23-25-16(21)13(17(26)22-19(25)27-18)9-11-7-8-15(24(3)4)14(20)10-11/h7-10,12,21H,5-6H2,1-4H3. The summed E-state index contributed by atoms with van der Waals surface area (Å²) in [5, 5.41) is 15.9. The number of thioether (sulfide) groups is 1. The lowest BCUT2D eigenvalue weighted by atomic mass is 10.1. The van der Waals surface area contributed by atoms with Gasteiger partial charge in [-0.1, -0.05) is 19.9 Å². The van der Waals surface area contributed by atoms with E-state index in [1.807, 2.05) is 37.2 Å². The molecule has 0 unspecified atom stereocenters. The number of hydrazone groups is 1. The van der Waals surface area contributed by atoms with E-state index in [1.165, 1.54) is 16.8 Å². The van der Waals surface area contributed by atoms with Crippen molar-refractivity contribution < 1.29 is 4.79 Å². The molecule has 0 fully saturated rings. The van der Waals surface area contributed by atoms with E-state index in [0.29, 0.717) is 11.1 Å². The minimum atomic E-state index is -0.396. The number of hydrogen-bond donors (Lipinski definition) is 1.